The number of carbonyl (C=O) groups is 1. The third-order valence-corrected chi connectivity index (χ3v) is 4.64. The van der Waals surface area contributed by atoms with E-state index < -0.39 is 18.0 Å². The largest absolute Gasteiger partial charge is 0.451 e. The first-order chi connectivity index (χ1) is 10.3. The number of thiophene rings is 1. The van der Waals surface area contributed by atoms with E-state index in [0.717, 1.165) is 9.44 Å². The minimum atomic E-state index is -4.54. The van der Waals surface area contributed by atoms with Crippen LogP contribution in [0.15, 0.2) is 12.1 Å². The molecule has 0 aliphatic carbocycles. The minimum absolute atomic E-state index is 0.0393. The summed E-state index contributed by atoms with van der Waals surface area (Å²) in [4.78, 5) is 15.6. The van der Waals surface area contributed by atoms with Gasteiger partial charge in [0.05, 0.1) is 10.9 Å². The van der Waals surface area contributed by atoms with Gasteiger partial charge in [0.2, 0.25) is 5.82 Å². The molecule has 0 N–H and O–H groups in total. The van der Waals surface area contributed by atoms with E-state index in [9.17, 15) is 18.0 Å². The van der Waals surface area contributed by atoms with Crippen molar-refractivity contribution in [3.63, 3.8) is 0 Å². The second-order valence-electron chi connectivity index (χ2n) is 5.12. The van der Waals surface area contributed by atoms with Crippen molar-refractivity contribution < 1.29 is 18.0 Å². The molecule has 0 bridgehead atoms. The zero-order valence-corrected chi connectivity index (χ0v) is 12.7. The number of rotatable bonds is 1. The summed E-state index contributed by atoms with van der Waals surface area (Å²) in [6.07, 6.45) is -4.54. The number of aryl methyl sites for hydroxylation is 1. The van der Waals surface area contributed by atoms with Gasteiger partial charge in [-0.1, -0.05) is 0 Å². The van der Waals surface area contributed by atoms with Crippen LogP contribution in [0.5, 0.6) is 0 Å². The normalized spacial score (nSPS) is 18.4. The number of amides is 1. The molecule has 2 aromatic rings. The summed E-state index contributed by atoms with van der Waals surface area (Å²) in [7, 11) is 0. The maximum atomic E-state index is 12.9. The Labute approximate surface area is 128 Å². The molecule has 3 heterocycles. The topological polar surface area (TPSA) is 51.0 Å². The molecule has 0 spiro atoms. The van der Waals surface area contributed by atoms with E-state index in [4.69, 9.17) is 0 Å². The molecule has 1 aliphatic rings. The molecule has 1 amide bonds. The maximum Gasteiger partial charge on any atom is 0.451 e. The Kier molecular flexibility index (Phi) is 3.47. The summed E-state index contributed by atoms with van der Waals surface area (Å²) in [5.74, 6) is -1.03. The monoisotopic (exact) mass is 330 g/mol. The highest BCUT2D eigenvalue weighted by atomic mass is 32.1. The molecule has 1 unspecified atom stereocenters. The Hall–Kier alpha value is -1.90. The summed E-state index contributed by atoms with van der Waals surface area (Å²) in [6, 6.07) is 3.03. The van der Waals surface area contributed by atoms with Gasteiger partial charge in [-0.05, 0) is 26.0 Å². The van der Waals surface area contributed by atoms with Gasteiger partial charge in [0.25, 0.3) is 5.91 Å². The molecule has 0 radical (unpaired) electrons. The van der Waals surface area contributed by atoms with Gasteiger partial charge in [-0.15, -0.1) is 21.5 Å². The summed E-state index contributed by atoms with van der Waals surface area (Å²) in [6.45, 7) is 3.80. The number of alkyl halides is 3. The van der Waals surface area contributed by atoms with Gasteiger partial charge >= 0.3 is 6.18 Å². The lowest BCUT2D eigenvalue weighted by atomic mass is 10.2. The van der Waals surface area contributed by atoms with E-state index in [1.54, 1.807) is 13.0 Å². The molecule has 2 aromatic heterocycles. The van der Waals surface area contributed by atoms with Crippen LogP contribution in [0.25, 0.3) is 0 Å². The predicted molar refractivity (Wildman–Crippen MR) is 73.5 cm³/mol. The molecule has 1 atom stereocenters. The van der Waals surface area contributed by atoms with Crippen LogP contribution in [0.1, 0.15) is 39.2 Å². The SMILES string of the molecule is Cc1ccc(C(=O)N2CCn3c(nnc3C(F)(F)F)C2C)s1. The van der Waals surface area contributed by atoms with E-state index in [1.165, 1.54) is 16.2 Å². The number of hydrogen-bond donors (Lipinski definition) is 0. The van der Waals surface area contributed by atoms with Gasteiger partial charge in [-0.3, -0.25) is 4.79 Å². The molecular formula is C13H13F3N4OS. The van der Waals surface area contributed by atoms with Crippen molar-refractivity contribution >= 4 is 17.2 Å². The van der Waals surface area contributed by atoms with Crippen LogP contribution in [-0.4, -0.2) is 32.1 Å². The fourth-order valence-electron chi connectivity index (χ4n) is 2.56. The first-order valence-electron chi connectivity index (χ1n) is 6.66. The lowest BCUT2D eigenvalue weighted by Crippen LogP contribution is -2.41. The van der Waals surface area contributed by atoms with Gasteiger partial charge in [0.15, 0.2) is 5.82 Å². The molecule has 118 valence electrons. The van der Waals surface area contributed by atoms with E-state index >= 15 is 0 Å². The second kappa shape index (κ2) is 5.08. The Morgan fingerprint density at radius 2 is 2.05 bits per heavy atom. The number of halogens is 3. The lowest BCUT2D eigenvalue weighted by molar-refractivity contribution is -0.148. The first-order valence-corrected chi connectivity index (χ1v) is 7.48. The third-order valence-electron chi connectivity index (χ3n) is 3.65. The van der Waals surface area contributed by atoms with Crippen LogP contribution in [0.4, 0.5) is 13.2 Å². The van der Waals surface area contributed by atoms with Crippen molar-refractivity contribution in [1.82, 2.24) is 19.7 Å². The maximum absolute atomic E-state index is 12.9. The fourth-order valence-corrected chi connectivity index (χ4v) is 3.39. The van der Waals surface area contributed by atoms with Crippen molar-refractivity contribution in [2.45, 2.75) is 32.6 Å². The zero-order chi connectivity index (χ0) is 16.1. The molecule has 9 heteroatoms. The van der Waals surface area contributed by atoms with Gasteiger partial charge in [-0.2, -0.15) is 13.2 Å². The van der Waals surface area contributed by atoms with E-state index in [0.29, 0.717) is 4.88 Å². The van der Waals surface area contributed by atoms with Crippen molar-refractivity contribution in [1.29, 1.82) is 0 Å². The van der Waals surface area contributed by atoms with Crippen LogP contribution in [-0.2, 0) is 12.7 Å². The average molecular weight is 330 g/mol. The molecular weight excluding hydrogens is 317 g/mol. The standard InChI is InChI=1S/C13H13F3N4OS/c1-7-3-4-9(22-7)11(21)19-5-6-20-10(8(19)2)17-18-12(20)13(14,15)16/h3-4,8H,5-6H2,1-2H3. The number of aromatic nitrogens is 3. The van der Waals surface area contributed by atoms with E-state index in [1.807, 2.05) is 13.0 Å². The predicted octanol–water partition coefficient (Wildman–Crippen LogP) is 2.88. The summed E-state index contributed by atoms with van der Waals surface area (Å²) in [5, 5.41) is 6.88. The van der Waals surface area contributed by atoms with Crippen molar-refractivity contribution in [3.05, 3.63) is 33.5 Å². The number of fused-ring (bicyclic) bond motifs is 1. The minimum Gasteiger partial charge on any atom is -0.326 e. The third kappa shape index (κ3) is 2.39. The molecule has 1 aliphatic heterocycles. The Balaban J connectivity index is 1.90. The quantitative estimate of drug-likeness (QED) is 0.808. The van der Waals surface area contributed by atoms with Gasteiger partial charge in [0.1, 0.15) is 0 Å². The van der Waals surface area contributed by atoms with Gasteiger partial charge < -0.3 is 9.47 Å². The molecule has 0 fully saturated rings. The van der Waals surface area contributed by atoms with Crippen LogP contribution in [0.2, 0.25) is 0 Å². The van der Waals surface area contributed by atoms with Crippen LogP contribution in [0, 0.1) is 6.92 Å². The smallest absolute Gasteiger partial charge is 0.326 e. The number of hydrogen-bond acceptors (Lipinski definition) is 4. The second-order valence-corrected chi connectivity index (χ2v) is 6.40. The highest BCUT2D eigenvalue weighted by Gasteiger charge is 2.41. The van der Waals surface area contributed by atoms with Crippen LogP contribution >= 0.6 is 11.3 Å². The Bertz CT molecular complexity index is 721. The molecule has 0 aromatic carbocycles. The average Bonchev–Trinajstić information content (AvgIpc) is 3.04. The fraction of sp³-hybridized carbons (Fsp3) is 0.462. The molecule has 22 heavy (non-hydrogen) atoms. The summed E-state index contributed by atoms with van der Waals surface area (Å²) >= 11 is 1.37. The van der Waals surface area contributed by atoms with Gasteiger partial charge in [-0.25, -0.2) is 0 Å². The van der Waals surface area contributed by atoms with Crippen LogP contribution < -0.4 is 0 Å². The Morgan fingerprint density at radius 1 is 1.32 bits per heavy atom. The lowest BCUT2D eigenvalue weighted by Gasteiger charge is -2.33. The molecule has 0 saturated heterocycles. The number of carbonyl (C=O) groups excluding carboxylic acids is 1. The highest BCUT2D eigenvalue weighted by molar-refractivity contribution is 7.13. The first kappa shape index (κ1) is 15.0. The molecule has 0 saturated carbocycles. The molecule has 5 nitrogen and oxygen atoms in total. The van der Waals surface area contributed by atoms with E-state index in [2.05, 4.69) is 10.2 Å². The van der Waals surface area contributed by atoms with Crippen LogP contribution in [0.3, 0.4) is 0 Å². The van der Waals surface area contributed by atoms with Gasteiger partial charge in [0, 0.05) is 18.0 Å². The van der Waals surface area contributed by atoms with Crippen molar-refractivity contribution in [2.24, 2.45) is 0 Å². The van der Waals surface area contributed by atoms with Crippen molar-refractivity contribution in [2.75, 3.05) is 6.54 Å². The Morgan fingerprint density at radius 3 is 2.64 bits per heavy atom. The summed E-state index contributed by atoms with van der Waals surface area (Å²) in [5.41, 5.74) is 0. The highest BCUT2D eigenvalue weighted by Crippen LogP contribution is 2.33. The zero-order valence-electron chi connectivity index (χ0n) is 11.9. The van der Waals surface area contributed by atoms with E-state index in [-0.39, 0.29) is 24.8 Å². The van der Waals surface area contributed by atoms with Crippen molar-refractivity contribution in [3.8, 4) is 0 Å². The molecule has 3 rings (SSSR count). The number of nitrogens with zero attached hydrogens (tertiary/aromatic N) is 4. The summed E-state index contributed by atoms with van der Waals surface area (Å²) < 4.78 is 39.6.